The van der Waals surface area contributed by atoms with E-state index in [9.17, 15) is 0 Å². The van der Waals surface area contributed by atoms with Crippen molar-refractivity contribution in [2.24, 2.45) is 0 Å². The monoisotopic (exact) mass is 409 g/mol. The first-order valence-electron chi connectivity index (χ1n) is 2.54. The van der Waals surface area contributed by atoms with E-state index in [-0.39, 0.29) is 6.15 Å². The van der Waals surface area contributed by atoms with Crippen molar-refractivity contribution in [2.45, 2.75) is 0 Å². The number of hydrogen-bond donors (Lipinski definition) is 2. The molecule has 1 aromatic carbocycles. The zero-order valence-electron chi connectivity index (χ0n) is 6.04. The zero-order valence-corrected chi connectivity index (χ0v) is 10.6. The molecule has 0 saturated heterocycles. The van der Waals surface area contributed by atoms with E-state index in [2.05, 4.69) is 0 Å². The van der Waals surface area contributed by atoms with Crippen LogP contribution >= 0.6 is 30.4 Å². The van der Waals surface area contributed by atoms with Gasteiger partial charge in [0.05, 0.1) is 0 Å². The Kier molecular flexibility index (Phi) is 12.1. The third kappa shape index (κ3) is 8.63. The molecule has 0 saturated carbocycles. The van der Waals surface area contributed by atoms with E-state index in [1.165, 1.54) is 0 Å². The maximum atomic E-state index is 5.56. The summed E-state index contributed by atoms with van der Waals surface area (Å²) in [6.45, 7) is 0. The second-order valence-electron chi connectivity index (χ2n) is 1.60. The van der Waals surface area contributed by atoms with Crippen LogP contribution in [-0.2, 0) is 16.5 Å². The molecule has 5 N–H and O–H groups in total. The Bertz CT molecular complexity index is 192. The van der Waals surface area contributed by atoms with Crippen LogP contribution in [-0.4, -0.2) is 0 Å². The second kappa shape index (κ2) is 9.62. The summed E-state index contributed by atoms with van der Waals surface area (Å²) in [6.07, 6.45) is 0. The van der Waals surface area contributed by atoms with Gasteiger partial charge in [0, 0.05) is 10.7 Å². The first-order valence-corrected chi connectivity index (χ1v) is 8.55. The van der Waals surface area contributed by atoms with E-state index in [1.54, 1.807) is 18.2 Å². The van der Waals surface area contributed by atoms with Crippen LogP contribution in [0.5, 0.6) is 0 Å². The predicted molar refractivity (Wildman–Crippen MR) is 52.6 cm³/mol. The van der Waals surface area contributed by atoms with Gasteiger partial charge < -0.3 is 11.9 Å². The van der Waals surface area contributed by atoms with Gasteiger partial charge in [-0.25, -0.2) is 0 Å². The molecule has 1 aromatic rings. The number of halogens is 3. The van der Waals surface area contributed by atoms with Crippen LogP contribution in [0.15, 0.2) is 24.3 Å². The van der Waals surface area contributed by atoms with Crippen molar-refractivity contribution >= 4 is 36.1 Å². The third-order valence-electron chi connectivity index (χ3n) is 0.849. The van der Waals surface area contributed by atoms with Gasteiger partial charge >= 0.3 is 35.3 Å². The van der Waals surface area contributed by atoms with Gasteiger partial charge in [0.1, 0.15) is 0 Å². The first-order chi connectivity index (χ1) is 5.20. The zero-order chi connectivity index (χ0) is 8.69. The molecule has 0 spiro atoms. The minimum atomic E-state index is -0.472. The second-order valence-corrected chi connectivity index (χ2v) is 5.32. The van der Waals surface area contributed by atoms with E-state index in [4.69, 9.17) is 36.2 Å². The van der Waals surface area contributed by atoms with E-state index >= 15 is 0 Å². The Labute approximate surface area is 93.3 Å². The number of anilines is 1. The van der Waals surface area contributed by atoms with Crippen molar-refractivity contribution in [2.75, 3.05) is 5.73 Å². The fourth-order valence-corrected chi connectivity index (χ4v) is 0.705. The molecule has 0 unspecified atom stereocenters. The van der Waals surface area contributed by atoms with E-state index in [0.29, 0.717) is 10.7 Å². The van der Waals surface area contributed by atoms with Crippen molar-refractivity contribution in [3.63, 3.8) is 0 Å². The summed E-state index contributed by atoms with van der Waals surface area (Å²) in [5.74, 6) is 0. The Morgan fingerprint density at radius 2 is 1.75 bits per heavy atom. The SMILES string of the molecule is N.Nc1cccc(Cl)c1.[Cl][Pt][Cl]. The molecule has 0 bridgehead atoms. The molecule has 0 aliphatic heterocycles. The van der Waals surface area contributed by atoms with Gasteiger partial charge in [0.2, 0.25) is 0 Å². The van der Waals surface area contributed by atoms with Crippen molar-refractivity contribution in [1.82, 2.24) is 6.15 Å². The average Bonchev–Trinajstić information content (AvgIpc) is 1.88. The number of benzene rings is 1. The fourth-order valence-electron chi connectivity index (χ4n) is 0.507. The van der Waals surface area contributed by atoms with Crippen molar-refractivity contribution in [3.8, 4) is 0 Å². The molecule has 6 heteroatoms. The number of nitrogens with two attached hydrogens (primary N) is 1. The summed E-state index contributed by atoms with van der Waals surface area (Å²) in [7, 11) is 9.75. The van der Waals surface area contributed by atoms with E-state index in [1.807, 2.05) is 6.07 Å². The standard InChI is InChI=1S/C6H6ClN.2ClH.H3N.Pt/c7-5-2-1-3-6(8)4-5;;;;/h1-4H,8H2;2*1H;1H3;/q;;;;+2/p-2. The van der Waals surface area contributed by atoms with Crippen molar-refractivity contribution < 1.29 is 16.5 Å². The summed E-state index contributed by atoms with van der Waals surface area (Å²) in [4.78, 5) is 0. The molecular weight excluding hydrogens is 402 g/mol. The van der Waals surface area contributed by atoms with Gasteiger partial charge in [0.15, 0.2) is 0 Å². The van der Waals surface area contributed by atoms with Crippen LogP contribution < -0.4 is 11.9 Å². The summed E-state index contributed by atoms with van der Waals surface area (Å²) in [5.41, 5.74) is 6.08. The number of rotatable bonds is 0. The molecule has 0 atom stereocenters. The normalized spacial score (nSPS) is 7.92. The van der Waals surface area contributed by atoms with Crippen molar-refractivity contribution in [1.29, 1.82) is 0 Å². The molecular formula is C6H9Cl3N2Pt. The summed E-state index contributed by atoms with van der Waals surface area (Å²) >= 11 is 5.09. The van der Waals surface area contributed by atoms with Gasteiger partial charge in [-0.1, -0.05) is 17.7 Å². The Balaban J connectivity index is 0. The third-order valence-corrected chi connectivity index (χ3v) is 1.08. The molecule has 0 aromatic heterocycles. The van der Waals surface area contributed by atoms with E-state index < -0.39 is 16.5 Å². The molecule has 1 rings (SSSR count). The quantitative estimate of drug-likeness (QED) is 0.644. The van der Waals surface area contributed by atoms with E-state index in [0.717, 1.165) is 0 Å². The van der Waals surface area contributed by atoms with Crippen LogP contribution in [0, 0.1) is 0 Å². The number of nitrogen functional groups attached to an aromatic ring is 1. The van der Waals surface area contributed by atoms with Gasteiger partial charge in [-0.3, -0.25) is 0 Å². The summed E-state index contributed by atoms with van der Waals surface area (Å²) in [6, 6.07) is 7.11. The molecule has 0 heterocycles. The molecule has 0 aliphatic carbocycles. The molecule has 74 valence electrons. The maximum absolute atomic E-state index is 5.56. The molecule has 0 aliphatic rings. The first kappa shape index (κ1) is 15.0. The molecule has 0 amide bonds. The minimum absolute atomic E-state index is 0. The Hall–Kier alpha value is 0.538. The van der Waals surface area contributed by atoms with Gasteiger partial charge in [-0.05, 0) is 18.2 Å². The average molecular weight is 411 g/mol. The van der Waals surface area contributed by atoms with Crippen LogP contribution in [0.4, 0.5) is 5.69 Å². The predicted octanol–water partition coefficient (Wildman–Crippen LogP) is 3.46. The van der Waals surface area contributed by atoms with Gasteiger partial charge in [-0.2, -0.15) is 0 Å². The fraction of sp³-hybridized carbons (Fsp3) is 0. The number of hydrogen-bond acceptors (Lipinski definition) is 2. The van der Waals surface area contributed by atoms with Crippen LogP contribution in [0.1, 0.15) is 0 Å². The van der Waals surface area contributed by atoms with Gasteiger partial charge in [-0.15, -0.1) is 0 Å². The Morgan fingerprint density at radius 3 is 2.00 bits per heavy atom. The topological polar surface area (TPSA) is 61.0 Å². The molecule has 0 fully saturated rings. The van der Waals surface area contributed by atoms with Crippen LogP contribution in [0.25, 0.3) is 0 Å². The molecule has 0 radical (unpaired) electrons. The Morgan fingerprint density at radius 1 is 1.25 bits per heavy atom. The van der Waals surface area contributed by atoms with Crippen LogP contribution in [0.3, 0.4) is 0 Å². The summed E-state index contributed by atoms with van der Waals surface area (Å²) in [5, 5.41) is 0.685. The van der Waals surface area contributed by atoms with Crippen LogP contribution in [0.2, 0.25) is 5.02 Å². The summed E-state index contributed by atoms with van der Waals surface area (Å²) < 4.78 is 0. The molecule has 12 heavy (non-hydrogen) atoms. The van der Waals surface area contributed by atoms with Crippen molar-refractivity contribution in [3.05, 3.63) is 29.3 Å². The molecule has 2 nitrogen and oxygen atoms in total. The van der Waals surface area contributed by atoms with Gasteiger partial charge in [0.25, 0.3) is 0 Å².